The van der Waals surface area contributed by atoms with Gasteiger partial charge in [-0.15, -0.1) is 0 Å². The highest BCUT2D eigenvalue weighted by atomic mass is 16.6. The highest BCUT2D eigenvalue weighted by Gasteiger charge is 2.03. The van der Waals surface area contributed by atoms with Crippen LogP contribution >= 0.6 is 0 Å². The summed E-state index contributed by atoms with van der Waals surface area (Å²) in [5.74, 6) is -1.95. The molecule has 0 aromatic carbocycles. The molecule has 258 valence electrons. The highest BCUT2D eigenvalue weighted by molar-refractivity contribution is 5.86. The van der Waals surface area contributed by atoms with Crippen LogP contribution in [0.5, 0.6) is 0 Å². The van der Waals surface area contributed by atoms with Gasteiger partial charge >= 0.3 is 11.9 Å². The minimum atomic E-state index is -1.13. The molecule has 0 spiro atoms. The van der Waals surface area contributed by atoms with Gasteiger partial charge in [0.05, 0.1) is 119 Å². The van der Waals surface area contributed by atoms with E-state index in [9.17, 15) is 14.4 Å². The number of carboxylic acid groups (broad SMARTS) is 1. The van der Waals surface area contributed by atoms with Gasteiger partial charge < -0.3 is 62.5 Å². The third kappa shape index (κ3) is 34.2. The minimum Gasteiger partial charge on any atom is -0.480 e. The van der Waals surface area contributed by atoms with Crippen LogP contribution < -0.4 is 5.32 Å². The van der Waals surface area contributed by atoms with Crippen LogP contribution in [-0.2, 0) is 66.5 Å². The van der Waals surface area contributed by atoms with Crippen molar-refractivity contribution in [3.63, 3.8) is 0 Å². The van der Waals surface area contributed by atoms with Crippen molar-refractivity contribution in [3.05, 3.63) is 12.2 Å². The van der Waals surface area contributed by atoms with E-state index in [2.05, 4.69) is 16.6 Å². The van der Waals surface area contributed by atoms with Crippen molar-refractivity contribution in [2.75, 3.05) is 145 Å². The van der Waals surface area contributed by atoms with Gasteiger partial charge in [-0.2, -0.15) is 0 Å². The van der Waals surface area contributed by atoms with Gasteiger partial charge in [-0.25, -0.2) is 9.59 Å². The number of hydrogen-bond donors (Lipinski definition) is 2. The van der Waals surface area contributed by atoms with E-state index < -0.39 is 24.5 Å². The summed E-state index contributed by atoms with van der Waals surface area (Å²) in [7, 11) is 0. The van der Waals surface area contributed by atoms with Crippen molar-refractivity contribution >= 4 is 17.8 Å². The molecule has 0 rings (SSSR count). The molecule has 0 unspecified atom stereocenters. The Hall–Kier alpha value is -2.25. The van der Waals surface area contributed by atoms with Crippen molar-refractivity contribution in [3.8, 4) is 0 Å². The van der Waals surface area contributed by atoms with Crippen LogP contribution in [0.25, 0.3) is 0 Å². The molecule has 0 saturated carbocycles. The summed E-state index contributed by atoms with van der Waals surface area (Å²) >= 11 is 0. The molecular formula is C28H51NO15. The lowest BCUT2D eigenvalue weighted by molar-refractivity contribution is -0.144. The molecule has 0 fully saturated rings. The molecule has 16 heteroatoms. The van der Waals surface area contributed by atoms with Crippen LogP contribution in [0.3, 0.4) is 0 Å². The van der Waals surface area contributed by atoms with E-state index in [-0.39, 0.29) is 13.2 Å². The van der Waals surface area contributed by atoms with Crippen molar-refractivity contribution < 1.29 is 71.6 Å². The van der Waals surface area contributed by atoms with Gasteiger partial charge in [0.1, 0.15) is 19.8 Å². The maximum atomic E-state index is 11.3. The smallest absolute Gasteiger partial charge is 0.333 e. The first-order valence-electron chi connectivity index (χ1n) is 14.5. The molecule has 0 aliphatic rings. The fraction of sp³-hybridized carbons (Fsp3) is 0.821. The zero-order valence-corrected chi connectivity index (χ0v) is 25.9. The summed E-state index contributed by atoms with van der Waals surface area (Å²) in [4.78, 5) is 32.8. The minimum absolute atomic E-state index is 0.189. The maximum absolute atomic E-state index is 11.3. The summed E-state index contributed by atoms with van der Waals surface area (Å²) in [6.07, 6.45) is 0. The van der Waals surface area contributed by atoms with Gasteiger partial charge in [0, 0.05) is 12.1 Å². The molecule has 0 atom stereocenters. The highest BCUT2D eigenvalue weighted by Crippen LogP contribution is 1.92. The lowest BCUT2D eigenvalue weighted by atomic mass is 10.4. The van der Waals surface area contributed by atoms with E-state index in [1.54, 1.807) is 6.92 Å². The number of nitrogens with one attached hydrogen (secondary N) is 1. The number of carboxylic acids is 1. The molecule has 0 radical (unpaired) electrons. The van der Waals surface area contributed by atoms with E-state index in [0.29, 0.717) is 131 Å². The summed E-state index contributed by atoms with van der Waals surface area (Å²) in [5, 5.41) is 11.0. The third-order valence-electron chi connectivity index (χ3n) is 4.81. The van der Waals surface area contributed by atoms with Gasteiger partial charge in [-0.05, 0) is 6.92 Å². The first kappa shape index (κ1) is 41.8. The molecule has 0 saturated heterocycles. The van der Waals surface area contributed by atoms with Crippen LogP contribution in [0, 0.1) is 0 Å². The SMILES string of the molecule is C=C(C)C(=O)OCCOCCOCCOCCOCCOCCOCCOCCOCCOCCNC(=O)COCC(=O)O. The van der Waals surface area contributed by atoms with Crippen LogP contribution in [0.15, 0.2) is 12.2 Å². The second-order valence-electron chi connectivity index (χ2n) is 8.66. The molecule has 0 aliphatic heterocycles. The Morgan fingerprint density at radius 3 is 1.14 bits per heavy atom. The number of esters is 1. The lowest BCUT2D eigenvalue weighted by Gasteiger charge is -2.09. The standard InChI is InChI=1S/C28H51NO15/c1-25(2)28(33)44-22-21-42-20-19-41-18-17-40-16-15-39-14-13-38-12-11-37-10-9-36-8-7-35-6-5-34-4-3-29-26(30)23-43-24-27(31)32/h1,3-24H2,2H3,(H,29,30)(H,31,32). The van der Waals surface area contributed by atoms with Gasteiger partial charge in [0.2, 0.25) is 5.91 Å². The first-order valence-corrected chi connectivity index (χ1v) is 14.5. The molecule has 0 aromatic heterocycles. The second-order valence-corrected chi connectivity index (χ2v) is 8.66. The van der Waals surface area contributed by atoms with Crippen molar-refractivity contribution in [2.24, 2.45) is 0 Å². The zero-order valence-electron chi connectivity index (χ0n) is 25.9. The third-order valence-corrected chi connectivity index (χ3v) is 4.81. The Bertz CT molecular complexity index is 711. The fourth-order valence-electron chi connectivity index (χ4n) is 2.72. The largest absolute Gasteiger partial charge is 0.480 e. The van der Waals surface area contributed by atoms with Crippen LogP contribution in [-0.4, -0.2) is 168 Å². The van der Waals surface area contributed by atoms with Crippen molar-refractivity contribution in [1.82, 2.24) is 5.32 Å². The maximum Gasteiger partial charge on any atom is 0.333 e. The second kappa shape index (κ2) is 33.6. The van der Waals surface area contributed by atoms with Crippen LogP contribution in [0.1, 0.15) is 6.92 Å². The topological polar surface area (TPSA) is 185 Å². The summed E-state index contributed by atoms with van der Waals surface area (Å²) < 4.78 is 58.0. The average Bonchev–Trinajstić information content (AvgIpc) is 2.99. The van der Waals surface area contributed by atoms with E-state index in [1.807, 2.05) is 0 Å². The average molecular weight is 642 g/mol. The van der Waals surface area contributed by atoms with Gasteiger partial charge in [0.15, 0.2) is 0 Å². The lowest BCUT2D eigenvalue weighted by Crippen LogP contribution is -2.31. The quantitative estimate of drug-likeness (QED) is 0.0511. The number of aliphatic carboxylic acids is 1. The monoisotopic (exact) mass is 641 g/mol. The van der Waals surface area contributed by atoms with Crippen LogP contribution in [0.2, 0.25) is 0 Å². The number of carbonyl (C=O) groups excluding carboxylic acids is 2. The molecule has 0 bridgehead atoms. The normalized spacial score (nSPS) is 11.0. The van der Waals surface area contributed by atoms with Gasteiger partial charge in [-0.3, -0.25) is 4.79 Å². The molecule has 0 aromatic rings. The molecule has 44 heavy (non-hydrogen) atoms. The Morgan fingerprint density at radius 2 is 0.818 bits per heavy atom. The van der Waals surface area contributed by atoms with Gasteiger partial charge in [-0.1, -0.05) is 6.58 Å². The molecule has 2 N–H and O–H groups in total. The number of hydrogen-bond acceptors (Lipinski definition) is 14. The molecule has 0 aliphatic carbocycles. The molecular weight excluding hydrogens is 590 g/mol. The van der Waals surface area contributed by atoms with E-state index in [4.69, 9.17) is 52.5 Å². The summed E-state index contributed by atoms with van der Waals surface area (Å²) in [5.41, 5.74) is 0.361. The fourth-order valence-corrected chi connectivity index (χ4v) is 2.72. The number of amides is 1. The molecule has 0 heterocycles. The predicted octanol–water partition coefficient (Wildman–Crippen LogP) is -0.527. The number of ether oxygens (including phenoxy) is 11. The first-order chi connectivity index (χ1) is 21.4. The number of rotatable bonds is 35. The van der Waals surface area contributed by atoms with Gasteiger partial charge in [0.25, 0.3) is 0 Å². The Kier molecular flexibility index (Phi) is 31.9. The van der Waals surface area contributed by atoms with Crippen molar-refractivity contribution in [2.45, 2.75) is 6.92 Å². The summed E-state index contributed by atoms with van der Waals surface area (Å²) in [6, 6.07) is 0. The molecule has 1 amide bonds. The predicted molar refractivity (Wildman–Crippen MR) is 155 cm³/mol. The van der Waals surface area contributed by atoms with E-state index >= 15 is 0 Å². The Morgan fingerprint density at radius 1 is 0.500 bits per heavy atom. The van der Waals surface area contributed by atoms with E-state index in [1.165, 1.54) is 0 Å². The van der Waals surface area contributed by atoms with Crippen LogP contribution in [0.4, 0.5) is 0 Å². The molecule has 16 nitrogen and oxygen atoms in total. The zero-order chi connectivity index (χ0) is 32.4. The summed E-state index contributed by atoms with van der Waals surface area (Å²) in [6.45, 7) is 12.5. The Balaban J connectivity index is 3.12. The van der Waals surface area contributed by atoms with E-state index in [0.717, 1.165) is 0 Å². The Labute approximate surface area is 259 Å². The van der Waals surface area contributed by atoms with Crippen molar-refractivity contribution in [1.29, 1.82) is 0 Å². The number of carbonyl (C=O) groups is 3.